The van der Waals surface area contributed by atoms with E-state index in [2.05, 4.69) is 17.6 Å². The molecule has 0 saturated carbocycles. The van der Waals surface area contributed by atoms with Gasteiger partial charge in [0.05, 0.1) is 5.57 Å². The summed E-state index contributed by atoms with van der Waals surface area (Å²) in [4.78, 5) is 23.7. The Morgan fingerprint density at radius 3 is 2.42 bits per heavy atom. The largest absolute Gasteiger partial charge is 0.380 e. The van der Waals surface area contributed by atoms with E-state index in [-0.39, 0.29) is 11.8 Å². The van der Waals surface area contributed by atoms with Crippen molar-refractivity contribution in [1.82, 2.24) is 10.6 Å². The molecular weight excluding hydrogens is 240 g/mol. The van der Waals surface area contributed by atoms with Gasteiger partial charge in [-0.2, -0.15) is 0 Å². The van der Waals surface area contributed by atoms with Crippen molar-refractivity contribution >= 4 is 17.4 Å². The third kappa shape index (κ3) is 2.84. The molecule has 0 aliphatic carbocycles. The molecule has 0 saturated heterocycles. The van der Waals surface area contributed by atoms with E-state index in [9.17, 15) is 9.59 Å². The minimum Gasteiger partial charge on any atom is -0.380 e. The van der Waals surface area contributed by atoms with E-state index in [0.29, 0.717) is 17.8 Å². The van der Waals surface area contributed by atoms with Crippen molar-refractivity contribution < 1.29 is 9.59 Å². The summed E-state index contributed by atoms with van der Waals surface area (Å²) in [5.74, 6) is -0.662. The maximum absolute atomic E-state index is 11.9. The molecule has 19 heavy (non-hydrogen) atoms. The third-order valence-electron chi connectivity index (χ3n) is 3.10. The number of hydrogen-bond donors (Lipinski definition) is 2. The van der Waals surface area contributed by atoms with Crippen LogP contribution in [-0.4, -0.2) is 18.4 Å². The van der Waals surface area contributed by atoms with Crippen LogP contribution in [0.3, 0.4) is 0 Å². The molecule has 1 aromatic rings. The van der Waals surface area contributed by atoms with E-state index in [1.54, 1.807) is 0 Å². The van der Waals surface area contributed by atoms with E-state index in [1.807, 2.05) is 31.2 Å². The van der Waals surface area contributed by atoms with E-state index in [4.69, 9.17) is 0 Å². The summed E-state index contributed by atoms with van der Waals surface area (Å²) in [5, 5.41) is 5.42. The molecule has 1 aromatic carbocycles. The van der Waals surface area contributed by atoms with Crippen LogP contribution < -0.4 is 10.6 Å². The summed E-state index contributed by atoms with van der Waals surface area (Å²) < 4.78 is 0. The SMILES string of the molecule is CCCCNC1=C(c2ccc(C)cc2)C(=O)NC1=O. The second kappa shape index (κ2) is 5.69. The molecule has 0 aromatic heterocycles. The van der Waals surface area contributed by atoms with Crippen LogP contribution in [0.25, 0.3) is 5.57 Å². The zero-order chi connectivity index (χ0) is 13.8. The van der Waals surface area contributed by atoms with Crippen LogP contribution in [0.5, 0.6) is 0 Å². The lowest BCUT2D eigenvalue weighted by atomic mass is 10.0. The molecular formula is C15H18N2O2. The minimum absolute atomic E-state index is 0.326. The highest BCUT2D eigenvalue weighted by molar-refractivity contribution is 6.35. The van der Waals surface area contributed by atoms with Gasteiger partial charge in [0.25, 0.3) is 11.8 Å². The van der Waals surface area contributed by atoms with Crippen LogP contribution in [0.15, 0.2) is 30.0 Å². The van der Waals surface area contributed by atoms with Gasteiger partial charge in [0.1, 0.15) is 5.70 Å². The minimum atomic E-state index is -0.336. The number of carbonyl (C=O) groups excluding carboxylic acids is 2. The first kappa shape index (κ1) is 13.3. The van der Waals surface area contributed by atoms with Crippen LogP contribution in [0.1, 0.15) is 30.9 Å². The summed E-state index contributed by atoms with van der Waals surface area (Å²) in [7, 11) is 0. The molecule has 2 N–H and O–H groups in total. The van der Waals surface area contributed by atoms with Crippen molar-refractivity contribution in [3.05, 3.63) is 41.1 Å². The molecule has 4 nitrogen and oxygen atoms in total. The van der Waals surface area contributed by atoms with Crippen molar-refractivity contribution in [1.29, 1.82) is 0 Å². The average molecular weight is 258 g/mol. The lowest BCUT2D eigenvalue weighted by molar-refractivity contribution is -0.123. The summed E-state index contributed by atoms with van der Waals surface area (Å²) in [6.07, 6.45) is 2.00. The van der Waals surface area contributed by atoms with Gasteiger partial charge in [0, 0.05) is 6.54 Å². The normalized spacial score (nSPS) is 14.8. The smallest absolute Gasteiger partial charge is 0.275 e. The maximum Gasteiger partial charge on any atom is 0.275 e. The van der Waals surface area contributed by atoms with Gasteiger partial charge >= 0.3 is 0 Å². The fraction of sp³-hybridized carbons (Fsp3) is 0.333. The number of nitrogens with one attached hydrogen (secondary N) is 2. The molecule has 0 unspecified atom stereocenters. The summed E-state index contributed by atoms with van der Waals surface area (Å²) >= 11 is 0. The molecule has 2 rings (SSSR count). The van der Waals surface area contributed by atoms with E-state index in [1.165, 1.54) is 0 Å². The molecule has 100 valence electrons. The fourth-order valence-corrected chi connectivity index (χ4v) is 2.01. The van der Waals surface area contributed by atoms with Gasteiger partial charge in [-0.1, -0.05) is 43.2 Å². The number of hydrogen-bond acceptors (Lipinski definition) is 3. The Balaban J connectivity index is 2.32. The second-order valence-corrected chi connectivity index (χ2v) is 4.68. The van der Waals surface area contributed by atoms with E-state index in [0.717, 1.165) is 24.0 Å². The molecule has 0 spiro atoms. The summed E-state index contributed by atoms with van der Waals surface area (Å²) in [6.45, 7) is 4.76. The van der Waals surface area contributed by atoms with Gasteiger partial charge in [-0.3, -0.25) is 14.9 Å². The molecule has 0 bridgehead atoms. The van der Waals surface area contributed by atoms with Crippen LogP contribution in [0.4, 0.5) is 0 Å². The van der Waals surface area contributed by atoms with Crippen molar-refractivity contribution in [3.8, 4) is 0 Å². The van der Waals surface area contributed by atoms with Gasteiger partial charge in [-0.25, -0.2) is 0 Å². The Hall–Kier alpha value is -2.10. The molecule has 4 heteroatoms. The lowest BCUT2D eigenvalue weighted by Gasteiger charge is -2.07. The van der Waals surface area contributed by atoms with Gasteiger partial charge in [-0.15, -0.1) is 0 Å². The van der Waals surface area contributed by atoms with E-state index < -0.39 is 0 Å². The van der Waals surface area contributed by atoms with Crippen molar-refractivity contribution in [3.63, 3.8) is 0 Å². The number of carbonyl (C=O) groups is 2. The molecule has 0 atom stereocenters. The predicted octanol–water partition coefficient (Wildman–Crippen LogP) is 1.75. The van der Waals surface area contributed by atoms with Gasteiger partial charge in [0.15, 0.2) is 0 Å². The van der Waals surface area contributed by atoms with Crippen LogP contribution in [-0.2, 0) is 9.59 Å². The standard InChI is InChI=1S/C15H18N2O2/c1-3-4-9-16-13-12(14(18)17-15(13)19)11-7-5-10(2)6-8-11/h5-8H,3-4,9H2,1-2H3,(H2,16,17,18,19). The van der Waals surface area contributed by atoms with Crippen LogP contribution >= 0.6 is 0 Å². The zero-order valence-electron chi connectivity index (χ0n) is 11.2. The molecule has 0 fully saturated rings. The van der Waals surface area contributed by atoms with Gasteiger partial charge < -0.3 is 5.32 Å². The molecule has 1 aliphatic rings. The average Bonchev–Trinajstić information content (AvgIpc) is 2.66. The van der Waals surface area contributed by atoms with Crippen LogP contribution in [0, 0.1) is 6.92 Å². The molecule has 0 radical (unpaired) electrons. The molecule has 1 aliphatic heterocycles. The Morgan fingerprint density at radius 1 is 1.11 bits per heavy atom. The number of aryl methyl sites for hydroxylation is 1. The molecule has 1 heterocycles. The third-order valence-corrected chi connectivity index (χ3v) is 3.10. The number of unbranched alkanes of at least 4 members (excludes halogenated alkanes) is 1. The van der Waals surface area contributed by atoms with Gasteiger partial charge in [0.2, 0.25) is 0 Å². The molecule has 2 amide bonds. The lowest BCUT2D eigenvalue weighted by Crippen LogP contribution is -2.27. The summed E-state index contributed by atoms with van der Waals surface area (Å²) in [5.41, 5.74) is 2.73. The van der Waals surface area contributed by atoms with Crippen molar-refractivity contribution in [2.45, 2.75) is 26.7 Å². The van der Waals surface area contributed by atoms with Crippen LogP contribution in [0.2, 0.25) is 0 Å². The monoisotopic (exact) mass is 258 g/mol. The topological polar surface area (TPSA) is 58.2 Å². The number of rotatable bonds is 5. The van der Waals surface area contributed by atoms with E-state index >= 15 is 0 Å². The van der Waals surface area contributed by atoms with Crippen molar-refractivity contribution in [2.75, 3.05) is 6.54 Å². The zero-order valence-corrected chi connectivity index (χ0v) is 11.2. The first-order chi connectivity index (χ1) is 9.13. The Morgan fingerprint density at radius 2 is 1.79 bits per heavy atom. The Kier molecular flexibility index (Phi) is 4.00. The Bertz CT molecular complexity index is 530. The highest BCUT2D eigenvalue weighted by atomic mass is 16.2. The summed E-state index contributed by atoms with van der Waals surface area (Å²) in [6, 6.07) is 7.60. The van der Waals surface area contributed by atoms with Crippen molar-refractivity contribution in [2.24, 2.45) is 0 Å². The predicted molar refractivity (Wildman–Crippen MR) is 74.2 cm³/mol. The van der Waals surface area contributed by atoms with Gasteiger partial charge in [-0.05, 0) is 18.9 Å². The number of imide groups is 1. The number of amides is 2. The quantitative estimate of drug-likeness (QED) is 0.625. The number of benzene rings is 1. The first-order valence-corrected chi connectivity index (χ1v) is 6.54. The highest BCUT2D eigenvalue weighted by Gasteiger charge is 2.30. The highest BCUT2D eigenvalue weighted by Crippen LogP contribution is 2.22. The first-order valence-electron chi connectivity index (χ1n) is 6.54. The second-order valence-electron chi connectivity index (χ2n) is 4.68. The fourth-order valence-electron chi connectivity index (χ4n) is 2.01. The Labute approximate surface area is 112 Å². The maximum atomic E-state index is 11.9.